The number of aromatic amines is 1. The third-order valence-corrected chi connectivity index (χ3v) is 5.67. The summed E-state index contributed by atoms with van der Waals surface area (Å²) in [5, 5.41) is 8.81. The van der Waals surface area contributed by atoms with Crippen LogP contribution in [0.4, 0.5) is 0 Å². The van der Waals surface area contributed by atoms with Gasteiger partial charge in [0.1, 0.15) is 11.4 Å². The normalized spacial score (nSPS) is 24.6. The Morgan fingerprint density at radius 3 is 2.70 bits per heavy atom. The summed E-state index contributed by atoms with van der Waals surface area (Å²) in [4.78, 5) is 4.69. The third kappa shape index (κ3) is 3.21. The van der Waals surface area contributed by atoms with Crippen LogP contribution < -0.4 is 4.74 Å². The highest BCUT2D eigenvalue weighted by Gasteiger charge is 2.36. The molecule has 0 radical (unpaired) electrons. The summed E-state index contributed by atoms with van der Waals surface area (Å²) in [7, 11) is 0. The van der Waals surface area contributed by atoms with E-state index in [1.807, 2.05) is 38.2 Å². The van der Waals surface area contributed by atoms with E-state index < -0.39 is 0 Å². The number of nitrogens with one attached hydrogen (secondary N) is 1. The van der Waals surface area contributed by atoms with E-state index in [2.05, 4.69) is 27.3 Å². The van der Waals surface area contributed by atoms with E-state index in [1.165, 1.54) is 18.5 Å². The Labute approximate surface area is 159 Å². The van der Waals surface area contributed by atoms with Gasteiger partial charge in [-0.2, -0.15) is 5.10 Å². The first-order chi connectivity index (χ1) is 13.2. The molecule has 27 heavy (non-hydrogen) atoms. The molecule has 5 nitrogen and oxygen atoms in total. The van der Waals surface area contributed by atoms with Crippen molar-refractivity contribution in [1.29, 1.82) is 0 Å². The minimum absolute atomic E-state index is 0.147. The lowest BCUT2D eigenvalue weighted by Gasteiger charge is -2.28. The summed E-state index contributed by atoms with van der Waals surface area (Å²) in [5.74, 6) is 1.36. The van der Waals surface area contributed by atoms with Crippen LogP contribution >= 0.6 is 0 Å². The zero-order chi connectivity index (χ0) is 18.4. The Bertz CT molecular complexity index is 953. The second-order valence-corrected chi connectivity index (χ2v) is 8.04. The smallest absolute Gasteiger partial charge is 0.120 e. The van der Waals surface area contributed by atoms with Gasteiger partial charge in [-0.25, -0.2) is 0 Å². The van der Waals surface area contributed by atoms with Gasteiger partial charge in [-0.05, 0) is 69.9 Å². The number of ether oxygens (including phenoxy) is 2. The highest BCUT2D eigenvalue weighted by Crippen LogP contribution is 2.41. The molecule has 0 aliphatic carbocycles. The number of H-pyrrole nitrogens is 1. The Morgan fingerprint density at radius 1 is 1.11 bits per heavy atom. The molecule has 2 atom stereocenters. The number of aromatic nitrogens is 3. The lowest BCUT2D eigenvalue weighted by atomic mass is 9.91. The van der Waals surface area contributed by atoms with Gasteiger partial charge in [0.05, 0.1) is 23.8 Å². The van der Waals surface area contributed by atoms with Gasteiger partial charge in [-0.15, -0.1) is 0 Å². The van der Waals surface area contributed by atoms with E-state index in [-0.39, 0.29) is 6.10 Å². The molecule has 0 saturated carbocycles. The van der Waals surface area contributed by atoms with Crippen molar-refractivity contribution in [1.82, 2.24) is 15.2 Å². The summed E-state index contributed by atoms with van der Waals surface area (Å²) in [6.07, 6.45) is 7.46. The molecule has 2 unspecified atom stereocenters. The second-order valence-electron chi connectivity index (χ2n) is 8.04. The molecule has 2 bridgehead atoms. The van der Waals surface area contributed by atoms with E-state index in [9.17, 15) is 0 Å². The monoisotopic (exact) mass is 363 g/mol. The maximum absolute atomic E-state index is 5.99. The maximum Gasteiger partial charge on any atom is 0.120 e. The molecule has 3 aromatic rings. The molecule has 0 spiro atoms. The van der Waals surface area contributed by atoms with Crippen molar-refractivity contribution in [2.75, 3.05) is 0 Å². The maximum atomic E-state index is 5.99. The molecule has 140 valence electrons. The van der Waals surface area contributed by atoms with Gasteiger partial charge in [0.2, 0.25) is 0 Å². The van der Waals surface area contributed by atoms with E-state index in [4.69, 9.17) is 9.47 Å². The molecule has 2 aliphatic rings. The van der Waals surface area contributed by atoms with Crippen LogP contribution in [0.15, 0.2) is 36.5 Å². The molecular weight excluding hydrogens is 338 g/mol. The van der Waals surface area contributed by atoms with Crippen LogP contribution in [0.5, 0.6) is 5.75 Å². The first-order valence-electron chi connectivity index (χ1n) is 9.92. The molecule has 2 aromatic heterocycles. The van der Waals surface area contributed by atoms with Gasteiger partial charge in [0, 0.05) is 28.8 Å². The molecule has 1 N–H and O–H groups in total. The minimum atomic E-state index is 0.147. The quantitative estimate of drug-likeness (QED) is 0.721. The zero-order valence-corrected chi connectivity index (χ0v) is 15.8. The van der Waals surface area contributed by atoms with Gasteiger partial charge in [0.15, 0.2) is 0 Å². The topological polar surface area (TPSA) is 60.0 Å². The lowest BCUT2D eigenvalue weighted by Crippen LogP contribution is -2.24. The van der Waals surface area contributed by atoms with Crippen LogP contribution in [0.1, 0.15) is 51.1 Å². The van der Waals surface area contributed by atoms with Gasteiger partial charge in [0.25, 0.3) is 0 Å². The van der Waals surface area contributed by atoms with Gasteiger partial charge < -0.3 is 9.47 Å². The van der Waals surface area contributed by atoms with Gasteiger partial charge in [-0.3, -0.25) is 10.1 Å². The number of rotatable bonds is 4. The van der Waals surface area contributed by atoms with Crippen molar-refractivity contribution in [3.05, 3.63) is 42.2 Å². The van der Waals surface area contributed by atoms with Crippen LogP contribution in [0.2, 0.25) is 0 Å². The van der Waals surface area contributed by atoms with E-state index in [0.29, 0.717) is 18.1 Å². The zero-order valence-electron chi connectivity index (χ0n) is 15.8. The highest BCUT2D eigenvalue weighted by atomic mass is 16.5. The molecule has 4 heterocycles. The largest absolute Gasteiger partial charge is 0.491 e. The van der Waals surface area contributed by atoms with E-state index in [1.54, 1.807) is 0 Å². The van der Waals surface area contributed by atoms with E-state index in [0.717, 1.165) is 40.8 Å². The number of benzene rings is 1. The highest BCUT2D eigenvalue weighted by molar-refractivity contribution is 5.93. The molecule has 1 aromatic carbocycles. The standard InChI is InChI=1S/C22H25N3O2/c1-13(2)26-18-5-6-20-19(12-18)22(25-24-20)14-7-8-23-21(11-14)15-9-16-3-4-17(10-15)27-16/h5-8,11-13,15-17H,3-4,9-10H2,1-2H3,(H,24,25). The Hall–Kier alpha value is -2.40. The van der Waals surface area contributed by atoms with Crippen molar-refractivity contribution in [3.63, 3.8) is 0 Å². The number of hydrogen-bond donors (Lipinski definition) is 1. The average Bonchev–Trinajstić information content (AvgIpc) is 3.23. The molecule has 2 saturated heterocycles. The first-order valence-corrected chi connectivity index (χ1v) is 9.92. The van der Waals surface area contributed by atoms with E-state index >= 15 is 0 Å². The minimum Gasteiger partial charge on any atom is -0.491 e. The summed E-state index contributed by atoms with van der Waals surface area (Å²) in [5.41, 5.74) is 4.24. The van der Waals surface area contributed by atoms with Gasteiger partial charge in [-0.1, -0.05) is 0 Å². The molecule has 0 amide bonds. The molecule has 5 heteroatoms. The number of hydrogen-bond acceptors (Lipinski definition) is 4. The summed E-state index contributed by atoms with van der Waals surface area (Å²) in [6, 6.07) is 10.3. The fourth-order valence-electron chi connectivity index (χ4n) is 4.48. The summed E-state index contributed by atoms with van der Waals surface area (Å²) >= 11 is 0. The fourth-order valence-corrected chi connectivity index (χ4v) is 4.48. The molecular formula is C22H25N3O2. The predicted octanol–water partition coefficient (Wildman–Crippen LogP) is 4.84. The predicted molar refractivity (Wildman–Crippen MR) is 105 cm³/mol. The summed E-state index contributed by atoms with van der Waals surface area (Å²) in [6.45, 7) is 4.08. The number of nitrogens with zero attached hydrogens (tertiary/aromatic N) is 2. The summed E-state index contributed by atoms with van der Waals surface area (Å²) < 4.78 is 11.9. The molecule has 5 rings (SSSR count). The van der Waals surface area contributed by atoms with Crippen molar-refractivity contribution in [2.24, 2.45) is 0 Å². The van der Waals surface area contributed by atoms with Crippen molar-refractivity contribution >= 4 is 10.9 Å². The Morgan fingerprint density at radius 2 is 1.93 bits per heavy atom. The van der Waals surface area contributed by atoms with Crippen molar-refractivity contribution in [2.45, 2.75) is 63.8 Å². The number of pyridine rings is 1. The second kappa shape index (κ2) is 6.64. The SMILES string of the molecule is CC(C)Oc1ccc2[nH]nc(-c3ccnc(C4CC5CCC(C4)O5)c3)c2c1. The lowest BCUT2D eigenvalue weighted by molar-refractivity contribution is -0.00440. The fraction of sp³-hybridized carbons (Fsp3) is 0.455. The third-order valence-electron chi connectivity index (χ3n) is 5.67. The van der Waals surface area contributed by atoms with Crippen LogP contribution in [0, 0.1) is 0 Å². The Kier molecular flexibility index (Phi) is 4.12. The number of fused-ring (bicyclic) bond motifs is 3. The van der Waals surface area contributed by atoms with Gasteiger partial charge >= 0.3 is 0 Å². The first kappa shape index (κ1) is 16.8. The molecule has 2 aliphatic heterocycles. The van der Waals surface area contributed by atoms with Crippen molar-refractivity contribution in [3.8, 4) is 17.0 Å². The van der Waals surface area contributed by atoms with Crippen LogP contribution in [0.25, 0.3) is 22.2 Å². The average molecular weight is 363 g/mol. The molecule has 2 fully saturated rings. The van der Waals surface area contributed by atoms with Crippen LogP contribution in [-0.2, 0) is 4.74 Å². The van der Waals surface area contributed by atoms with Crippen molar-refractivity contribution < 1.29 is 9.47 Å². The van der Waals surface area contributed by atoms with Crippen LogP contribution in [-0.4, -0.2) is 33.5 Å². The van der Waals surface area contributed by atoms with Crippen LogP contribution in [0.3, 0.4) is 0 Å². The Balaban J connectivity index is 1.49.